The molecule has 3 fully saturated rings. The molecule has 2 bridgehead atoms. The fraction of sp³-hybridized carbons (Fsp3) is 0.929. The molecule has 0 aromatic heterocycles. The number of nitrogens with zero attached hydrogens (tertiary/aromatic N) is 1. The number of carbonyl (C=O) groups is 1. The number of hydrogen-bond donors (Lipinski definition) is 1. The van der Waals surface area contributed by atoms with Crippen molar-refractivity contribution in [2.45, 2.75) is 76.5 Å². The zero-order valence-electron chi connectivity index (χ0n) is 11.0. The third kappa shape index (κ3) is 1.88. The lowest BCUT2D eigenvalue weighted by atomic mass is 9.86. The number of amides is 1. The predicted octanol–water partition coefficient (Wildman–Crippen LogP) is 1.92. The van der Waals surface area contributed by atoms with Crippen LogP contribution in [0.15, 0.2) is 0 Å². The number of hydrogen-bond acceptors (Lipinski definition) is 2. The fourth-order valence-electron chi connectivity index (χ4n) is 4.14. The maximum atomic E-state index is 12.7. The van der Waals surface area contributed by atoms with Gasteiger partial charge in [0.05, 0.1) is 5.92 Å². The molecule has 0 aromatic rings. The summed E-state index contributed by atoms with van der Waals surface area (Å²) in [6.45, 7) is 4.43. The van der Waals surface area contributed by atoms with Crippen molar-refractivity contribution in [3.63, 3.8) is 0 Å². The van der Waals surface area contributed by atoms with Gasteiger partial charge in [-0.05, 0) is 52.4 Å². The van der Waals surface area contributed by atoms with Crippen molar-refractivity contribution in [2.24, 2.45) is 5.92 Å². The Bertz CT molecular complexity index is 307. The zero-order valence-corrected chi connectivity index (χ0v) is 11.0. The van der Waals surface area contributed by atoms with Gasteiger partial charge in [-0.3, -0.25) is 4.79 Å². The third-order valence-corrected chi connectivity index (χ3v) is 5.07. The molecule has 3 aliphatic rings. The van der Waals surface area contributed by atoms with E-state index in [1.807, 2.05) is 0 Å². The van der Waals surface area contributed by atoms with Crippen molar-refractivity contribution < 1.29 is 4.79 Å². The topological polar surface area (TPSA) is 32.3 Å². The summed E-state index contributed by atoms with van der Waals surface area (Å²) < 4.78 is 0. The van der Waals surface area contributed by atoms with Gasteiger partial charge in [0.25, 0.3) is 0 Å². The van der Waals surface area contributed by atoms with Gasteiger partial charge in [0.15, 0.2) is 0 Å². The molecule has 17 heavy (non-hydrogen) atoms. The minimum atomic E-state index is 0.275. The van der Waals surface area contributed by atoms with Gasteiger partial charge in [-0.2, -0.15) is 0 Å². The second-order valence-corrected chi connectivity index (χ2v) is 6.26. The standard InChI is InChI=1S/C14H24N2O/c1-9-4-3-5-10(2)16(9)14(17)12-8-11-6-7-13(12)15-11/h9-13,15H,3-8H2,1-2H3. The van der Waals surface area contributed by atoms with Crippen molar-refractivity contribution in [1.82, 2.24) is 10.2 Å². The van der Waals surface area contributed by atoms with Crippen molar-refractivity contribution in [1.29, 1.82) is 0 Å². The number of fused-ring (bicyclic) bond motifs is 2. The van der Waals surface area contributed by atoms with Crippen LogP contribution < -0.4 is 5.32 Å². The zero-order chi connectivity index (χ0) is 12.0. The van der Waals surface area contributed by atoms with Crippen LogP contribution in [0.1, 0.15) is 52.4 Å². The molecule has 5 atom stereocenters. The smallest absolute Gasteiger partial charge is 0.227 e. The van der Waals surface area contributed by atoms with Gasteiger partial charge < -0.3 is 10.2 Å². The highest BCUT2D eigenvalue weighted by Gasteiger charge is 2.45. The first kappa shape index (κ1) is 11.5. The van der Waals surface area contributed by atoms with Crippen LogP contribution in [0.2, 0.25) is 0 Å². The van der Waals surface area contributed by atoms with Gasteiger partial charge in [0.1, 0.15) is 0 Å². The SMILES string of the molecule is CC1CCCC(C)N1C(=O)C1CC2CCC1N2. The summed E-state index contributed by atoms with van der Waals surface area (Å²) in [6.07, 6.45) is 7.21. The summed E-state index contributed by atoms with van der Waals surface area (Å²) in [6, 6.07) is 2.01. The molecule has 3 nitrogen and oxygen atoms in total. The quantitative estimate of drug-likeness (QED) is 0.754. The lowest BCUT2D eigenvalue weighted by Gasteiger charge is -2.41. The lowest BCUT2D eigenvalue weighted by molar-refractivity contribution is -0.142. The molecule has 0 saturated carbocycles. The molecule has 0 spiro atoms. The van der Waals surface area contributed by atoms with Crippen LogP contribution in [0.5, 0.6) is 0 Å². The van der Waals surface area contributed by atoms with Crippen molar-refractivity contribution >= 4 is 5.91 Å². The molecule has 1 amide bonds. The fourth-order valence-corrected chi connectivity index (χ4v) is 4.14. The van der Waals surface area contributed by atoms with E-state index < -0.39 is 0 Å². The van der Waals surface area contributed by atoms with Crippen molar-refractivity contribution in [3.8, 4) is 0 Å². The van der Waals surface area contributed by atoms with Gasteiger partial charge >= 0.3 is 0 Å². The Morgan fingerprint density at radius 1 is 1.12 bits per heavy atom. The molecule has 0 radical (unpaired) electrons. The highest BCUT2D eigenvalue weighted by atomic mass is 16.2. The molecule has 3 heteroatoms. The van der Waals surface area contributed by atoms with Gasteiger partial charge in [0.2, 0.25) is 5.91 Å². The first-order valence-corrected chi connectivity index (χ1v) is 7.25. The van der Waals surface area contributed by atoms with Crippen LogP contribution >= 0.6 is 0 Å². The summed E-state index contributed by atoms with van der Waals surface area (Å²) in [5.41, 5.74) is 0. The molecular weight excluding hydrogens is 212 g/mol. The average Bonchev–Trinajstić information content (AvgIpc) is 2.90. The van der Waals surface area contributed by atoms with Gasteiger partial charge in [-0.1, -0.05) is 0 Å². The number of carbonyl (C=O) groups excluding carboxylic acids is 1. The minimum absolute atomic E-state index is 0.275. The second kappa shape index (κ2) is 4.27. The van der Waals surface area contributed by atoms with Crippen LogP contribution in [0.25, 0.3) is 0 Å². The molecule has 0 aliphatic carbocycles. The van der Waals surface area contributed by atoms with E-state index in [2.05, 4.69) is 24.1 Å². The minimum Gasteiger partial charge on any atom is -0.337 e. The summed E-state index contributed by atoms with van der Waals surface area (Å²) >= 11 is 0. The average molecular weight is 236 g/mol. The van der Waals surface area contributed by atoms with Crippen LogP contribution in [-0.2, 0) is 4.79 Å². The molecule has 96 valence electrons. The highest BCUT2D eigenvalue weighted by Crippen LogP contribution is 2.36. The van der Waals surface area contributed by atoms with E-state index in [1.165, 1.54) is 32.1 Å². The van der Waals surface area contributed by atoms with E-state index in [0.29, 0.717) is 30.1 Å². The normalized spacial score (nSPS) is 45.3. The molecule has 0 aromatic carbocycles. The van der Waals surface area contributed by atoms with E-state index >= 15 is 0 Å². The highest BCUT2D eigenvalue weighted by molar-refractivity contribution is 5.81. The number of rotatable bonds is 1. The summed E-state index contributed by atoms with van der Waals surface area (Å²) in [4.78, 5) is 14.9. The van der Waals surface area contributed by atoms with Crippen LogP contribution in [0.3, 0.4) is 0 Å². The Labute approximate surface area is 104 Å². The predicted molar refractivity (Wildman–Crippen MR) is 67.7 cm³/mol. The maximum Gasteiger partial charge on any atom is 0.227 e. The molecule has 3 heterocycles. The number of likely N-dealkylation sites (tertiary alicyclic amines) is 1. The Kier molecular flexibility index (Phi) is 2.89. The lowest BCUT2D eigenvalue weighted by Crippen LogP contribution is -2.51. The Morgan fingerprint density at radius 3 is 2.35 bits per heavy atom. The molecule has 3 aliphatic heterocycles. The largest absolute Gasteiger partial charge is 0.337 e. The number of piperidine rings is 1. The van der Waals surface area contributed by atoms with E-state index in [-0.39, 0.29) is 5.92 Å². The van der Waals surface area contributed by atoms with Crippen LogP contribution in [0.4, 0.5) is 0 Å². The molecule has 3 saturated heterocycles. The summed E-state index contributed by atoms with van der Waals surface area (Å²) in [7, 11) is 0. The second-order valence-electron chi connectivity index (χ2n) is 6.26. The maximum absolute atomic E-state index is 12.7. The first-order valence-electron chi connectivity index (χ1n) is 7.25. The van der Waals surface area contributed by atoms with Crippen LogP contribution in [0, 0.1) is 5.92 Å². The molecule has 5 unspecified atom stereocenters. The number of nitrogens with one attached hydrogen (secondary N) is 1. The molecule has 3 rings (SSSR count). The van der Waals surface area contributed by atoms with Crippen molar-refractivity contribution in [2.75, 3.05) is 0 Å². The molecule has 1 N–H and O–H groups in total. The molecular formula is C14H24N2O. The van der Waals surface area contributed by atoms with E-state index in [0.717, 1.165) is 6.42 Å². The Hall–Kier alpha value is -0.570. The van der Waals surface area contributed by atoms with Gasteiger partial charge in [-0.15, -0.1) is 0 Å². The Morgan fingerprint density at radius 2 is 1.82 bits per heavy atom. The van der Waals surface area contributed by atoms with Gasteiger partial charge in [-0.25, -0.2) is 0 Å². The first-order chi connectivity index (χ1) is 8.16. The monoisotopic (exact) mass is 236 g/mol. The van der Waals surface area contributed by atoms with Crippen molar-refractivity contribution in [3.05, 3.63) is 0 Å². The Balaban J connectivity index is 1.72. The summed E-state index contributed by atoms with van der Waals surface area (Å²) in [5.74, 6) is 0.709. The van der Waals surface area contributed by atoms with Crippen LogP contribution in [-0.4, -0.2) is 35.0 Å². The van der Waals surface area contributed by atoms with E-state index in [1.54, 1.807) is 0 Å². The summed E-state index contributed by atoms with van der Waals surface area (Å²) in [5, 5.41) is 3.58. The van der Waals surface area contributed by atoms with E-state index in [9.17, 15) is 4.79 Å². The third-order valence-electron chi connectivity index (χ3n) is 5.07. The van der Waals surface area contributed by atoms with E-state index in [4.69, 9.17) is 0 Å². The van der Waals surface area contributed by atoms with Gasteiger partial charge in [0, 0.05) is 24.2 Å².